The smallest absolute Gasteiger partial charge is 0.274 e. The van der Waals surface area contributed by atoms with Crippen molar-refractivity contribution in [3.63, 3.8) is 0 Å². The van der Waals surface area contributed by atoms with Crippen LogP contribution in [-0.2, 0) is 11.3 Å². The van der Waals surface area contributed by atoms with Gasteiger partial charge in [-0.05, 0) is 42.7 Å². The van der Waals surface area contributed by atoms with Crippen molar-refractivity contribution >= 4 is 29.0 Å². The lowest BCUT2D eigenvalue weighted by atomic mass is 10.1. The molecule has 9 heteroatoms. The largest absolute Gasteiger partial charge is 0.504 e. The molecule has 1 aromatic carbocycles. The van der Waals surface area contributed by atoms with Gasteiger partial charge in [0.05, 0.1) is 0 Å². The predicted molar refractivity (Wildman–Crippen MR) is 120 cm³/mol. The summed E-state index contributed by atoms with van der Waals surface area (Å²) in [7, 11) is 0. The van der Waals surface area contributed by atoms with Crippen LogP contribution in [-0.4, -0.2) is 40.5 Å². The number of benzene rings is 1. The van der Waals surface area contributed by atoms with Crippen molar-refractivity contribution in [3.8, 4) is 5.75 Å². The zero-order valence-electron chi connectivity index (χ0n) is 17.6. The van der Waals surface area contributed by atoms with Gasteiger partial charge in [-0.3, -0.25) is 14.6 Å². The Morgan fingerprint density at radius 1 is 1.06 bits per heavy atom. The molecule has 0 aliphatic heterocycles. The number of nitrogens with one attached hydrogen (secondary N) is 3. The van der Waals surface area contributed by atoms with Gasteiger partial charge in [0.1, 0.15) is 17.2 Å². The Kier molecular flexibility index (Phi) is 8.30. The summed E-state index contributed by atoms with van der Waals surface area (Å²) in [5.41, 5.74) is 0.887. The van der Waals surface area contributed by atoms with Gasteiger partial charge in [-0.2, -0.15) is 0 Å². The lowest BCUT2D eigenvalue weighted by molar-refractivity contribution is -0.109. The fourth-order valence-electron chi connectivity index (χ4n) is 3.25. The number of aromatic nitrogens is 2. The van der Waals surface area contributed by atoms with Crippen molar-refractivity contribution in [3.05, 3.63) is 59.7 Å². The van der Waals surface area contributed by atoms with E-state index in [2.05, 4.69) is 25.9 Å². The van der Waals surface area contributed by atoms with Gasteiger partial charge in [-0.25, -0.2) is 9.37 Å². The number of nitrogens with zero attached hydrogens (tertiary/aromatic N) is 2. The van der Waals surface area contributed by atoms with Gasteiger partial charge < -0.3 is 21.1 Å². The van der Waals surface area contributed by atoms with Gasteiger partial charge in [0.25, 0.3) is 5.91 Å². The van der Waals surface area contributed by atoms with E-state index < -0.39 is 5.91 Å². The first-order valence-corrected chi connectivity index (χ1v) is 10.5. The van der Waals surface area contributed by atoms with Crippen molar-refractivity contribution in [2.45, 2.75) is 32.2 Å². The van der Waals surface area contributed by atoms with Crippen molar-refractivity contribution in [2.75, 3.05) is 18.4 Å². The molecule has 2 heterocycles. The highest BCUT2D eigenvalue weighted by molar-refractivity contribution is 6.03. The van der Waals surface area contributed by atoms with Crippen molar-refractivity contribution < 1.29 is 19.1 Å². The number of rotatable bonds is 12. The van der Waals surface area contributed by atoms with Gasteiger partial charge in [0.15, 0.2) is 11.4 Å². The van der Waals surface area contributed by atoms with Crippen LogP contribution >= 0.6 is 0 Å². The third-order valence-corrected chi connectivity index (χ3v) is 4.94. The van der Waals surface area contributed by atoms with Crippen LogP contribution in [0.3, 0.4) is 0 Å². The minimum atomic E-state index is -0.551. The van der Waals surface area contributed by atoms with Crippen molar-refractivity contribution in [1.82, 2.24) is 20.6 Å². The number of pyridine rings is 2. The topological polar surface area (TPSA) is 116 Å². The Balaban J connectivity index is 1.67. The second-order valence-corrected chi connectivity index (χ2v) is 7.28. The second kappa shape index (κ2) is 11.6. The van der Waals surface area contributed by atoms with E-state index in [4.69, 9.17) is 0 Å². The van der Waals surface area contributed by atoms with Gasteiger partial charge in [0, 0.05) is 31.2 Å². The summed E-state index contributed by atoms with van der Waals surface area (Å²) in [6.45, 7) is 1.48. The maximum atomic E-state index is 13.1. The Morgan fingerprint density at radius 2 is 1.81 bits per heavy atom. The Morgan fingerprint density at radius 3 is 2.56 bits per heavy atom. The summed E-state index contributed by atoms with van der Waals surface area (Å²) in [4.78, 5) is 31.5. The molecule has 0 aliphatic rings. The number of halogens is 1. The highest BCUT2D eigenvalue weighted by Gasteiger charge is 2.19. The van der Waals surface area contributed by atoms with E-state index in [9.17, 15) is 19.1 Å². The molecule has 4 N–H and O–H groups in total. The first kappa shape index (κ1) is 22.9. The normalized spacial score (nSPS) is 10.7. The molecule has 168 valence electrons. The average Bonchev–Trinajstić information content (AvgIpc) is 2.81. The Labute approximate surface area is 185 Å². The SMILES string of the molecule is O=CNCCCCCCNc1nc(C(=O)NCc2ccc(F)cc2)c(O)c2ncccc12. The molecule has 8 nitrogen and oxygen atoms in total. The number of anilines is 1. The van der Waals surface area contributed by atoms with Gasteiger partial charge >= 0.3 is 0 Å². The highest BCUT2D eigenvalue weighted by atomic mass is 19.1. The molecule has 2 aromatic heterocycles. The van der Waals surface area contributed by atoms with E-state index in [0.717, 1.165) is 31.2 Å². The average molecular weight is 439 g/mol. The lowest BCUT2D eigenvalue weighted by Gasteiger charge is -2.13. The zero-order chi connectivity index (χ0) is 22.8. The molecule has 0 atom stereocenters. The maximum absolute atomic E-state index is 13.1. The molecular weight excluding hydrogens is 413 g/mol. The van der Waals surface area contributed by atoms with Crippen LogP contribution in [0.1, 0.15) is 41.7 Å². The van der Waals surface area contributed by atoms with E-state index in [1.165, 1.54) is 12.1 Å². The molecule has 0 bridgehead atoms. The molecule has 2 amide bonds. The van der Waals surface area contributed by atoms with Crippen LogP contribution < -0.4 is 16.0 Å². The highest BCUT2D eigenvalue weighted by Crippen LogP contribution is 2.30. The molecule has 0 unspecified atom stereocenters. The van der Waals surface area contributed by atoms with Crippen molar-refractivity contribution in [2.24, 2.45) is 0 Å². The molecule has 0 spiro atoms. The minimum absolute atomic E-state index is 0.124. The molecule has 0 aliphatic carbocycles. The molecule has 0 radical (unpaired) electrons. The number of carbonyl (C=O) groups is 2. The molecule has 0 saturated heterocycles. The van der Waals surface area contributed by atoms with E-state index in [1.807, 2.05) is 0 Å². The standard InChI is InChI=1S/C23H26FN5O3/c24-17-9-7-16(8-10-17)14-28-23(32)20-21(31)19-18(6-5-13-26-19)22(29-20)27-12-4-2-1-3-11-25-15-30/h5-10,13,15,31H,1-4,11-12,14H2,(H,25,30)(H,27,29)(H,28,32). The Bertz CT molecular complexity index is 1060. The van der Waals surface area contributed by atoms with Crippen LogP contribution in [0.4, 0.5) is 10.2 Å². The molecule has 3 rings (SSSR count). The third kappa shape index (κ3) is 6.13. The number of aromatic hydroxyl groups is 1. The molecule has 0 fully saturated rings. The monoisotopic (exact) mass is 439 g/mol. The summed E-state index contributed by atoms with van der Waals surface area (Å²) >= 11 is 0. The summed E-state index contributed by atoms with van der Waals surface area (Å²) in [5.74, 6) is -0.718. The number of hydrogen-bond acceptors (Lipinski definition) is 6. The first-order valence-electron chi connectivity index (χ1n) is 10.5. The maximum Gasteiger partial charge on any atom is 0.274 e. The fraction of sp³-hybridized carbons (Fsp3) is 0.304. The number of unbranched alkanes of at least 4 members (excludes halogenated alkanes) is 3. The second-order valence-electron chi connectivity index (χ2n) is 7.28. The van der Waals surface area contributed by atoms with E-state index >= 15 is 0 Å². The van der Waals surface area contributed by atoms with E-state index in [1.54, 1.807) is 30.5 Å². The summed E-state index contributed by atoms with van der Waals surface area (Å²) < 4.78 is 13.1. The van der Waals surface area contributed by atoms with E-state index in [-0.39, 0.29) is 29.3 Å². The van der Waals surface area contributed by atoms with E-state index in [0.29, 0.717) is 30.7 Å². The van der Waals surface area contributed by atoms with Crippen molar-refractivity contribution in [1.29, 1.82) is 0 Å². The minimum Gasteiger partial charge on any atom is -0.504 e. The molecular formula is C23H26FN5O3. The van der Waals surface area contributed by atoms with Crippen LogP contribution in [0.25, 0.3) is 10.9 Å². The molecule has 32 heavy (non-hydrogen) atoms. The van der Waals surface area contributed by atoms with Gasteiger partial charge in [-0.1, -0.05) is 25.0 Å². The Hall–Kier alpha value is -3.75. The number of fused-ring (bicyclic) bond motifs is 1. The van der Waals surface area contributed by atoms with Crippen LogP contribution in [0.5, 0.6) is 5.75 Å². The third-order valence-electron chi connectivity index (χ3n) is 4.94. The van der Waals surface area contributed by atoms with Gasteiger partial charge in [-0.15, -0.1) is 0 Å². The van der Waals surface area contributed by atoms with Crippen LogP contribution in [0.2, 0.25) is 0 Å². The predicted octanol–water partition coefficient (Wildman–Crippen LogP) is 3.12. The van der Waals surface area contributed by atoms with Crippen LogP contribution in [0, 0.1) is 5.82 Å². The summed E-state index contributed by atoms with van der Waals surface area (Å²) in [6, 6.07) is 9.31. The molecule has 0 saturated carbocycles. The quantitative estimate of drug-likeness (QED) is 0.255. The van der Waals surface area contributed by atoms with Crippen LogP contribution in [0.15, 0.2) is 42.6 Å². The van der Waals surface area contributed by atoms with Gasteiger partial charge in [0.2, 0.25) is 6.41 Å². The summed E-state index contributed by atoms with van der Waals surface area (Å²) in [5, 5.41) is 19.8. The zero-order valence-corrected chi connectivity index (χ0v) is 17.6. The number of carbonyl (C=O) groups excluding carboxylic acids is 2. The lowest BCUT2D eigenvalue weighted by Crippen LogP contribution is -2.24. The fourth-order valence-corrected chi connectivity index (χ4v) is 3.25. The first-order chi connectivity index (χ1) is 15.6. The number of hydrogen-bond donors (Lipinski definition) is 4. The number of amides is 2. The molecule has 3 aromatic rings. The summed E-state index contributed by atoms with van der Waals surface area (Å²) in [6.07, 6.45) is 6.01.